The number of amides is 1. The molecule has 0 N–H and O–H groups in total. The highest BCUT2D eigenvalue weighted by atomic mass is 32.1. The zero-order valence-corrected chi connectivity index (χ0v) is 18.0. The van der Waals surface area contributed by atoms with E-state index in [1.54, 1.807) is 32.2 Å². The molecule has 0 aliphatic heterocycles. The van der Waals surface area contributed by atoms with Gasteiger partial charge in [0.05, 0.1) is 29.0 Å². The summed E-state index contributed by atoms with van der Waals surface area (Å²) in [5, 5.41) is 0. The number of methoxy groups -OCH3 is 1. The maximum absolute atomic E-state index is 12.4. The average molecular weight is 429 g/mol. The van der Waals surface area contributed by atoms with Gasteiger partial charge in [0, 0.05) is 13.7 Å². The molecule has 0 spiro atoms. The lowest BCUT2D eigenvalue weighted by molar-refractivity contribution is -0.120. The second-order valence-corrected chi connectivity index (χ2v) is 7.55. The van der Waals surface area contributed by atoms with E-state index < -0.39 is 0 Å². The lowest BCUT2D eigenvalue weighted by Gasteiger charge is -2.06. The SMILES string of the molecule is CCOC(=O)c1ccc2c(c1)sc(=NC(=O)COc1cccc(C)c1)n2CCOC. The predicted molar refractivity (Wildman–Crippen MR) is 115 cm³/mol. The minimum atomic E-state index is -0.389. The number of esters is 1. The lowest BCUT2D eigenvalue weighted by atomic mass is 10.2. The highest BCUT2D eigenvalue weighted by molar-refractivity contribution is 7.16. The summed E-state index contributed by atoms with van der Waals surface area (Å²) in [6.45, 7) is 4.87. The van der Waals surface area contributed by atoms with E-state index >= 15 is 0 Å². The van der Waals surface area contributed by atoms with E-state index in [1.165, 1.54) is 11.3 Å². The molecule has 8 heteroatoms. The summed E-state index contributed by atoms with van der Waals surface area (Å²) in [5.41, 5.74) is 2.39. The fourth-order valence-electron chi connectivity index (χ4n) is 2.89. The topological polar surface area (TPSA) is 79.1 Å². The second kappa shape index (κ2) is 10.2. The predicted octanol–water partition coefficient (Wildman–Crippen LogP) is 3.34. The summed E-state index contributed by atoms with van der Waals surface area (Å²) in [6, 6.07) is 12.8. The number of rotatable bonds is 8. The monoisotopic (exact) mass is 428 g/mol. The Bertz CT molecular complexity index is 1120. The number of aromatic nitrogens is 1. The molecule has 7 nitrogen and oxygen atoms in total. The number of ether oxygens (including phenoxy) is 3. The molecule has 2 aromatic carbocycles. The first-order chi connectivity index (χ1) is 14.5. The van der Waals surface area contributed by atoms with E-state index in [4.69, 9.17) is 14.2 Å². The van der Waals surface area contributed by atoms with Crippen LogP contribution < -0.4 is 9.54 Å². The maximum Gasteiger partial charge on any atom is 0.338 e. The molecule has 30 heavy (non-hydrogen) atoms. The zero-order valence-electron chi connectivity index (χ0n) is 17.2. The van der Waals surface area contributed by atoms with Gasteiger partial charge in [0.25, 0.3) is 5.91 Å². The Morgan fingerprint density at radius 2 is 2.00 bits per heavy atom. The molecule has 3 rings (SSSR count). The molecule has 0 radical (unpaired) electrons. The van der Waals surface area contributed by atoms with Gasteiger partial charge in [0.1, 0.15) is 5.75 Å². The lowest BCUT2D eigenvalue weighted by Crippen LogP contribution is -2.21. The molecule has 0 saturated carbocycles. The smallest absolute Gasteiger partial charge is 0.338 e. The summed E-state index contributed by atoms with van der Waals surface area (Å²) in [4.78, 5) is 29.2. The maximum atomic E-state index is 12.4. The van der Waals surface area contributed by atoms with Gasteiger partial charge in [-0.2, -0.15) is 4.99 Å². The first-order valence-corrected chi connectivity index (χ1v) is 10.4. The number of hydrogen-bond donors (Lipinski definition) is 0. The third kappa shape index (κ3) is 5.34. The molecule has 0 atom stereocenters. The number of fused-ring (bicyclic) bond motifs is 1. The van der Waals surface area contributed by atoms with Crippen LogP contribution in [0, 0.1) is 6.92 Å². The van der Waals surface area contributed by atoms with Crippen LogP contribution in [0.5, 0.6) is 5.75 Å². The Morgan fingerprint density at radius 1 is 1.17 bits per heavy atom. The second-order valence-electron chi connectivity index (χ2n) is 6.54. The van der Waals surface area contributed by atoms with Crippen molar-refractivity contribution in [1.29, 1.82) is 0 Å². The van der Waals surface area contributed by atoms with Gasteiger partial charge in [-0.15, -0.1) is 0 Å². The zero-order chi connectivity index (χ0) is 21.5. The molecule has 158 valence electrons. The number of thiazole rings is 1. The van der Waals surface area contributed by atoms with Gasteiger partial charge in [0.15, 0.2) is 11.4 Å². The summed E-state index contributed by atoms with van der Waals surface area (Å²) < 4.78 is 18.6. The fraction of sp³-hybridized carbons (Fsp3) is 0.318. The van der Waals surface area contributed by atoms with Crippen molar-refractivity contribution in [2.24, 2.45) is 4.99 Å². The average Bonchev–Trinajstić information content (AvgIpc) is 3.07. The number of nitrogens with zero attached hydrogens (tertiary/aromatic N) is 2. The van der Waals surface area contributed by atoms with Crippen LogP contribution in [0.4, 0.5) is 0 Å². The summed E-state index contributed by atoms with van der Waals surface area (Å²) in [5.74, 6) is -0.140. The minimum absolute atomic E-state index is 0.157. The van der Waals surface area contributed by atoms with Crippen molar-refractivity contribution < 1.29 is 23.8 Å². The molecule has 1 heterocycles. The van der Waals surface area contributed by atoms with E-state index in [2.05, 4.69) is 4.99 Å². The van der Waals surface area contributed by atoms with Crippen LogP contribution in [-0.2, 0) is 20.8 Å². The van der Waals surface area contributed by atoms with Crippen molar-refractivity contribution >= 4 is 33.4 Å². The highest BCUT2D eigenvalue weighted by Crippen LogP contribution is 2.20. The number of aryl methyl sites for hydroxylation is 1. The molecule has 0 aliphatic carbocycles. The quantitative estimate of drug-likeness (QED) is 0.514. The number of carbonyl (C=O) groups is 2. The molecule has 0 fully saturated rings. The number of benzene rings is 2. The van der Waals surface area contributed by atoms with Gasteiger partial charge in [-0.1, -0.05) is 23.5 Å². The van der Waals surface area contributed by atoms with Crippen LogP contribution in [0.25, 0.3) is 10.2 Å². The van der Waals surface area contributed by atoms with Crippen LogP contribution in [0.3, 0.4) is 0 Å². The third-order valence-corrected chi connectivity index (χ3v) is 5.33. The van der Waals surface area contributed by atoms with Crippen molar-refractivity contribution in [2.75, 3.05) is 26.9 Å². The van der Waals surface area contributed by atoms with Gasteiger partial charge in [-0.05, 0) is 49.7 Å². The van der Waals surface area contributed by atoms with Crippen LogP contribution in [0.2, 0.25) is 0 Å². The van der Waals surface area contributed by atoms with Crippen LogP contribution in [0.1, 0.15) is 22.8 Å². The number of carbonyl (C=O) groups excluding carboxylic acids is 2. The minimum Gasteiger partial charge on any atom is -0.484 e. The van der Waals surface area contributed by atoms with Crippen molar-refractivity contribution in [1.82, 2.24) is 4.57 Å². The molecule has 0 aliphatic rings. The van der Waals surface area contributed by atoms with Crippen molar-refractivity contribution in [2.45, 2.75) is 20.4 Å². The van der Waals surface area contributed by atoms with E-state index in [0.717, 1.165) is 15.8 Å². The normalized spacial score (nSPS) is 11.6. The summed E-state index contributed by atoms with van der Waals surface area (Å²) in [7, 11) is 1.62. The molecular formula is C22H24N2O5S. The first-order valence-electron chi connectivity index (χ1n) is 9.58. The first kappa shape index (κ1) is 21.7. The van der Waals surface area contributed by atoms with Gasteiger partial charge >= 0.3 is 5.97 Å². The molecule has 0 bridgehead atoms. The molecule has 0 saturated heterocycles. The van der Waals surface area contributed by atoms with E-state index in [0.29, 0.717) is 35.9 Å². The Balaban J connectivity index is 1.89. The third-order valence-electron chi connectivity index (χ3n) is 4.29. The van der Waals surface area contributed by atoms with Crippen LogP contribution >= 0.6 is 11.3 Å². The highest BCUT2D eigenvalue weighted by Gasteiger charge is 2.13. The summed E-state index contributed by atoms with van der Waals surface area (Å²) >= 11 is 1.33. The van der Waals surface area contributed by atoms with Crippen molar-refractivity contribution in [3.63, 3.8) is 0 Å². The Morgan fingerprint density at radius 3 is 2.73 bits per heavy atom. The van der Waals surface area contributed by atoms with Crippen molar-refractivity contribution in [3.8, 4) is 5.75 Å². The van der Waals surface area contributed by atoms with Gasteiger partial charge in [-0.25, -0.2) is 4.79 Å². The van der Waals surface area contributed by atoms with E-state index in [9.17, 15) is 9.59 Å². The van der Waals surface area contributed by atoms with Crippen LogP contribution in [-0.4, -0.2) is 43.4 Å². The van der Waals surface area contributed by atoms with Gasteiger partial charge < -0.3 is 18.8 Å². The van der Waals surface area contributed by atoms with Gasteiger partial charge in [-0.3, -0.25) is 4.79 Å². The molecule has 0 unspecified atom stereocenters. The molecule has 1 amide bonds. The standard InChI is InChI=1S/C22H24N2O5S/c1-4-28-21(26)16-8-9-18-19(13-16)30-22(24(18)10-11-27-3)23-20(25)14-29-17-7-5-6-15(2)12-17/h5-9,12-13H,4,10-11,14H2,1-3H3. The molecule has 3 aromatic rings. The van der Waals surface area contributed by atoms with E-state index in [-0.39, 0.29) is 18.5 Å². The Hall–Kier alpha value is -2.97. The van der Waals surface area contributed by atoms with Gasteiger partial charge in [0.2, 0.25) is 0 Å². The largest absolute Gasteiger partial charge is 0.484 e. The van der Waals surface area contributed by atoms with Crippen LogP contribution in [0.15, 0.2) is 47.5 Å². The molecular weight excluding hydrogens is 404 g/mol. The fourth-order valence-corrected chi connectivity index (χ4v) is 4.00. The summed E-state index contributed by atoms with van der Waals surface area (Å²) in [6.07, 6.45) is 0. The Kier molecular flexibility index (Phi) is 7.37. The number of hydrogen-bond acceptors (Lipinski definition) is 6. The molecule has 1 aromatic heterocycles. The van der Waals surface area contributed by atoms with Crippen molar-refractivity contribution in [3.05, 3.63) is 58.4 Å². The van der Waals surface area contributed by atoms with E-state index in [1.807, 2.05) is 35.8 Å². The Labute approximate surface area is 178 Å².